The molecule has 0 saturated carbocycles. The molecule has 2 aromatic heterocycles. The van der Waals surface area contributed by atoms with Gasteiger partial charge < -0.3 is 4.74 Å². The Morgan fingerprint density at radius 2 is 2.09 bits per heavy atom. The van der Waals surface area contributed by atoms with Crippen LogP contribution in [-0.4, -0.2) is 17.1 Å². The first kappa shape index (κ1) is 15.1. The predicted octanol–water partition coefficient (Wildman–Crippen LogP) is 4.84. The van der Waals surface area contributed by atoms with Crippen LogP contribution in [0.4, 0.5) is 13.2 Å². The molecule has 0 saturated heterocycles. The van der Waals surface area contributed by atoms with Crippen molar-refractivity contribution in [3.63, 3.8) is 0 Å². The first-order valence-electron chi connectivity index (χ1n) is 5.99. The van der Waals surface area contributed by atoms with Crippen LogP contribution in [0, 0.1) is 6.20 Å². The first-order valence-corrected chi connectivity index (χ1v) is 7.24. The molecule has 2 heterocycles. The molecule has 3 nitrogen and oxygen atoms in total. The van der Waals surface area contributed by atoms with Crippen LogP contribution in [0.15, 0.2) is 23.6 Å². The summed E-state index contributed by atoms with van der Waals surface area (Å²) >= 11 is 7.15. The standard InChI is InChI=1S/C14H7ClF3N2OS/c1-21-9-5-19-8-4-2-3-7(11(8)12(9)15)13-20-10(6-22-13)14(16,17)18/h2-4,6H,1H3. The summed E-state index contributed by atoms with van der Waals surface area (Å²) in [6.07, 6.45) is -1.84. The van der Waals surface area contributed by atoms with E-state index in [9.17, 15) is 13.2 Å². The molecule has 0 aliphatic rings. The summed E-state index contributed by atoms with van der Waals surface area (Å²) in [6.45, 7) is 0. The summed E-state index contributed by atoms with van der Waals surface area (Å²) in [6, 6.07) is 5.02. The van der Waals surface area contributed by atoms with Gasteiger partial charge in [0.25, 0.3) is 0 Å². The number of benzene rings is 1. The van der Waals surface area contributed by atoms with Gasteiger partial charge in [-0.15, -0.1) is 11.3 Å². The zero-order valence-corrected chi connectivity index (χ0v) is 12.6. The molecule has 22 heavy (non-hydrogen) atoms. The first-order chi connectivity index (χ1) is 10.4. The van der Waals surface area contributed by atoms with Gasteiger partial charge in [-0.2, -0.15) is 13.2 Å². The fourth-order valence-electron chi connectivity index (χ4n) is 1.98. The Morgan fingerprint density at radius 3 is 2.73 bits per heavy atom. The molecule has 0 atom stereocenters. The minimum Gasteiger partial charge on any atom is -0.493 e. The molecule has 3 aromatic rings. The Hall–Kier alpha value is -1.86. The lowest BCUT2D eigenvalue weighted by Gasteiger charge is -2.08. The van der Waals surface area contributed by atoms with Crippen molar-refractivity contribution in [2.24, 2.45) is 0 Å². The maximum atomic E-state index is 12.7. The van der Waals surface area contributed by atoms with Crippen LogP contribution in [0.2, 0.25) is 5.02 Å². The number of halogens is 4. The molecule has 1 radical (unpaired) electrons. The van der Waals surface area contributed by atoms with Crippen LogP contribution in [0.1, 0.15) is 5.69 Å². The highest BCUT2D eigenvalue weighted by Crippen LogP contribution is 2.40. The Balaban J connectivity index is 2.25. The fraction of sp³-hybridized carbons (Fsp3) is 0.143. The molecule has 0 bridgehead atoms. The molecule has 8 heteroatoms. The van der Waals surface area contributed by atoms with E-state index in [4.69, 9.17) is 16.3 Å². The summed E-state index contributed by atoms with van der Waals surface area (Å²) in [4.78, 5) is 7.73. The lowest BCUT2D eigenvalue weighted by atomic mass is 10.1. The smallest absolute Gasteiger partial charge is 0.434 e. The van der Waals surface area contributed by atoms with E-state index in [2.05, 4.69) is 16.2 Å². The van der Waals surface area contributed by atoms with Crippen LogP contribution >= 0.6 is 22.9 Å². The number of ether oxygens (including phenoxy) is 1. The molecule has 0 spiro atoms. The van der Waals surface area contributed by atoms with Gasteiger partial charge >= 0.3 is 6.18 Å². The highest BCUT2D eigenvalue weighted by molar-refractivity contribution is 7.13. The largest absolute Gasteiger partial charge is 0.493 e. The number of rotatable bonds is 2. The number of aromatic nitrogens is 2. The maximum Gasteiger partial charge on any atom is 0.434 e. The van der Waals surface area contributed by atoms with Gasteiger partial charge in [0.1, 0.15) is 11.2 Å². The normalized spacial score (nSPS) is 11.9. The average Bonchev–Trinajstić information content (AvgIpc) is 2.97. The number of hydrogen-bond donors (Lipinski definition) is 0. The molecule has 0 unspecified atom stereocenters. The lowest BCUT2D eigenvalue weighted by Crippen LogP contribution is -2.04. The molecular formula is C14H7ClF3N2OS. The van der Waals surface area contributed by atoms with Crippen molar-refractivity contribution < 1.29 is 17.9 Å². The average molecular weight is 344 g/mol. The van der Waals surface area contributed by atoms with Gasteiger partial charge in [-0.1, -0.05) is 23.7 Å². The SMILES string of the molecule is COc1[c]nc2cccc(-c3nc(C(F)(F)F)cs3)c2c1Cl. The molecule has 0 aliphatic heterocycles. The minimum absolute atomic E-state index is 0.217. The number of nitrogens with zero attached hydrogens (tertiary/aromatic N) is 2. The van der Waals surface area contributed by atoms with E-state index >= 15 is 0 Å². The summed E-state index contributed by atoms with van der Waals surface area (Å²) in [5, 5.41) is 1.92. The summed E-state index contributed by atoms with van der Waals surface area (Å²) in [5.74, 6) is 0.231. The Morgan fingerprint density at radius 1 is 1.32 bits per heavy atom. The van der Waals surface area contributed by atoms with Crippen molar-refractivity contribution in [1.29, 1.82) is 0 Å². The lowest BCUT2D eigenvalue weighted by molar-refractivity contribution is -0.140. The maximum absolute atomic E-state index is 12.7. The molecule has 1 aromatic carbocycles. The Labute approximate surface area is 132 Å². The van der Waals surface area contributed by atoms with Crippen LogP contribution in [0.5, 0.6) is 5.75 Å². The van der Waals surface area contributed by atoms with Gasteiger partial charge in [0.15, 0.2) is 11.4 Å². The second-order valence-electron chi connectivity index (χ2n) is 4.31. The van der Waals surface area contributed by atoms with Crippen LogP contribution in [-0.2, 0) is 6.18 Å². The quantitative estimate of drug-likeness (QED) is 0.668. The van der Waals surface area contributed by atoms with Crippen LogP contribution in [0.25, 0.3) is 21.5 Å². The topological polar surface area (TPSA) is 35.0 Å². The van der Waals surface area contributed by atoms with Gasteiger partial charge in [0.2, 0.25) is 0 Å². The molecule has 3 rings (SSSR count). The number of thiazole rings is 1. The summed E-state index contributed by atoms with van der Waals surface area (Å²) < 4.78 is 43.2. The Kier molecular flexibility index (Phi) is 3.70. The third kappa shape index (κ3) is 2.50. The summed E-state index contributed by atoms with van der Waals surface area (Å²) in [5.41, 5.74) is 0.0536. The van der Waals surface area contributed by atoms with Gasteiger partial charge in [-0.05, 0) is 6.07 Å². The van der Waals surface area contributed by atoms with Crippen molar-refractivity contribution in [2.45, 2.75) is 6.18 Å². The fourth-order valence-corrected chi connectivity index (χ4v) is 3.15. The van der Waals surface area contributed by atoms with Crippen LogP contribution in [0.3, 0.4) is 0 Å². The van der Waals surface area contributed by atoms with Gasteiger partial charge in [0.05, 0.1) is 17.6 Å². The third-order valence-electron chi connectivity index (χ3n) is 2.97. The van der Waals surface area contributed by atoms with Crippen molar-refractivity contribution in [1.82, 2.24) is 9.97 Å². The number of methoxy groups -OCH3 is 1. The van der Waals surface area contributed by atoms with E-state index in [0.29, 0.717) is 16.5 Å². The van der Waals surface area contributed by atoms with Crippen molar-refractivity contribution in [2.75, 3.05) is 7.11 Å². The number of alkyl halides is 3. The van der Waals surface area contributed by atoms with E-state index in [1.165, 1.54) is 7.11 Å². The van der Waals surface area contributed by atoms with Crippen molar-refractivity contribution in [3.05, 3.63) is 40.5 Å². The second-order valence-corrected chi connectivity index (χ2v) is 5.54. The van der Waals surface area contributed by atoms with Gasteiger partial charge in [-0.3, -0.25) is 0 Å². The zero-order chi connectivity index (χ0) is 15.9. The minimum atomic E-state index is -4.48. The summed E-state index contributed by atoms with van der Waals surface area (Å²) in [7, 11) is 1.42. The highest BCUT2D eigenvalue weighted by atomic mass is 35.5. The third-order valence-corrected chi connectivity index (χ3v) is 4.20. The van der Waals surface area contributed by atoms with E-state index in [-0.39, 0.29) is 15.8 Å². The van der Waals surface area contributed by atoms with E-state index in [1.54, 1.807) is 18.2 Å². The Bertz CT molecular complexity index is 848. The predicted molar refractivity (Wildman–Crippen MR) is 78.3 cm³/mol. The molecule has 0 N–H and O–H groups in total. The number of fused-ring (bicyclic) bond motifs is 1. The monoisotopic (exact) mass is 343 g/mol. The van der Waals surface area contributed by atoms with Crippen LogP contribution < -0.4 is 4.74 Å². The highest BCUT2D eigenvalue weighted by Gasteiger charge is 2.34. The van der Waals surface area contributed by atoms with E-state index in [1.807, 2.05) is 0 Å². The van der Waals surface area contributed by atoms with Gasteiger partial charge in [0, 0.05) is 16.3 Å². The molecule has 113 valence electrons. The number of hydrogen-bond acceptors (Lipinski definition) is 4. The molecule has 0 amide bonds. The van der Waals surface area contributed by atoms with E-state index in [0.717, 1.165) is 16.7 Å². The molecule has 0 aliphatic carbocycles. The molecular weight excluding hydrogens is 337 g/mol. The second kappa shape index (κ2) is 5.40. The molecule has 0 fully saturated rings. The number of pyridine rings is 1. The van der Waals surface area contributed by atoms with Crippen molar-refractivity contribution in [3.8, 4) is 16.3 Å². The van der Waals surface area contributed by atoms with E-state index < -0.39 is 11.9 Å². The van der Waals surface area contributed by atoms with Gasteiger partial charge in [-0.25, -0.2) is 9.97 Å². The zero-order valence-electron chi connectivity index (χ0n) is 11.0. The van der Waals surface area contributed by atoms with Crippen molar-refractivity contribution >= 4 is 33.8 Å².